The average molecular weight is 617 g/mol. The second-order valence-corrected chi connectivity index (χ2v) is 19.2. The number of fused-ring (bicyclic) bond motifs is 2. The third-order valence-electron chi connectivity index (χ3n) is 8.98. The monoisotopic (exact) mass is 616 g/mol. The minimum Gasteiger partial charge on any atom is -0.540 e. The van der Waals surface area contributed by atoms with Crippen molar-refractivity contribution in [2.75, 3.05) is 24.8 Å². The summed E-state index contributed by atoms with van der Waals surface area (Å²) < 4.78 is 25.3. The fourth-order valence-corrected chi connectivity index (χ4v) is 12.3. The maximum atomic E-state index is 14.3. The molecule has 0 radical (unpaired) electrons. The van der Waals surface area contributed by atoms with Crippen molar-refractivity contribution in [3.63, 3.8) is 0 Å². The summed E-state index contributed by atoms with van der Waals surface area (Å²) in [5.74, 6) is 1.01. The lowest BCUT2D eigenvalue weighted by molar-refractivity contribution is 0.0431. The van der Waals surface area contributed by atoms with E-state index in [1.807, 2.05) is 26.0 Å². The maximum absolute atomic E-state index is 14.3. The zero-order valence-electron chi connectivity index (χ0n) is 27.5. The van der Waals surface area contributed by atoms with Gasteiger partial charge in [-0.3, -0.25) is 0 Å². The van der Waals surface area contributed by atoms with E-state index in [1.165, 1.54) is 11.1 Å². The SMILES string of the molecule is CC(C)[Si](Oc1c2c(cc(-c3cccc4c3N(Cc3ccccc3)CC4)c1C(=O)OCC(C)(C)N)OCO2)(C(C)C)C(C)C. The number of para-hydroxylation sites is 1. The van der Waals surface area contributed by atoms with Crippen molar-refractivity contribution in [2.45, 2.75) is 90.5 Å². The zero-order chi connectivity index (χ0) is 31.8. The number of nitrogens with two attached hydrogens (primary N) is 1. The Labute approximate surface area is 263 Å². The van der Waals surface area contributed by atoms with E-state index >= 15 is 0 Å². The number of rotatable bonds is 11. The van der Waals surface area contributed by atoms with Crippen LogP contribution in [0.15, 0.2) is 54.6 Å². The number of hydrogen-bond acceptors (Lipinski definition) is 7. The van der Waals surface area contributed by atoms with E-state index in [-0.39, 0.29) is 30.0 Å². The summed E-state index contributed by atoms with van der Waals surface area (Å²) >= 11 is 0. The van der Waals surface area contributed by atoms with Crippen molar-refractivity contribution in [1.29, 1.82) is 0 Å². The molecule has 2 N–H and O–H groups in total. The first kappa shape index (κ1) is 31.9. The summed E-state index contributed by atoms with van der Waals surface area (Å²) in [5, 5.41) is 0. The Morgan fingerprint density at radius 1 is 0.955 bits per heavy atom. The molecule has 0 bridgehead atoms. The molecule has 236 valence electrons. The van der Waals surface area contributed by atoms with Gasteiger partial charge in [-0.25, -0.2) is 4.79 Å². The highest BCUT2D eigenvalue weighted by molar-refractivity contribution is 6.78. The van der Waals surface area contributed by atoms with Gasteiger partial charge in [-0.15, -0.1) is 0 Å². The van der Waals surface area contributed by atoms with Gasteiger partial charge in [-0.2, -0.15) is 0 Å². The predicted molar refractivity (Wildman–Crippen MR) is 179 cm³/mol. The van der Waals surface area contributed by atoms with Gasteiger partial charge in [0, 0.05) is 35.4 Å². The quantitative estimate of drug-likeness (QED) is 0.172. The molecule has 0 saturated heterocycles. The third kappa shape index (κ3) is 6.07. The molecule has 8 heteroatoms. The molecule has 0 saturated carbocycles. The second kappa shape index (κ2) is 12.5. The van der Waals surface area contributed by atoms with Gasteiger partial charge in [0.1, 0.15) is 12.2 Å². The molecule has 0 atom stereocenters. The van der Waals surface area contributed by atoms with E-state index in [0.29, 0.717) is 22.8 Å². The van der Waals surface area contributed by atoms with Gasteiger partial charge < -0.3 is 29.3 Å². The molecule has 2 aliphatic rings. The summed E-state index contributed by atoms with van der Waals surface area (Å²) in [4.78, 5) is 16.7. The van der Waals surface area contributed by atoms with Crippen LogP contribution in [0.5, 0.6) is 17.2 Å². The Bertz CT molecular complexity index is 1470. The third-order valence-corrected chi connectivity index (χ3v) is 15.0. The van der Waals surface area contributed by atoms with Crippen molar-refractivity contribution in [1.82, 2.24) is 0 Å². The predicted octanol–water partition coefficient (Wildman–Crippen LogP) is 8.09. The molecule has 2 aliphatic heterocycles. The van der Waals surface area contributed by atoms with Crippen LogP contribution in [-0.4, -0.2) is 39.8 Å². The maximum Gasteiger partial charge on any atom is 0.342 e. The van der Waals surface area contributed by atoms with Crippen molar-refractivity contribution in [3.8, 4) is 28.4 Å². The number of anilines is 1. The number of nitrogens with zero attached hydrogens (tertiary/aromatic N) is 1. The van der Waals surface area contributed by atoms with Crippen LogP contribution in [-0.2, 0) is 17.7 Å². The van der Waals surface area contributed by atoms with E-state index in [1.54, 1.807) is 0 Å². The first-order valence-electron chi connectivity index (χ1n) is 15.9. The van der Waals surface area contributed by atoms with Crippen LogP contribution in [0, 0.1) is 0 Å². The van der Waals surface area contributed by atoms with Crippen molar-refractivity contribution >= 4 is 20.0 Å². The number of benzene rings is 3. The van der Waals surface area contributed by atoms with E-state index in [0.717, 1.165) is 36.3 Å². The Kier molecular flexibility index (Phi) is 9.05. The summed E-state index contributed by atoms with van der Waals surface area (Å²) in [5.41, 5.74) is 12.0. The van der Waals surface area contributed by atoms with Gasteiger partial charge in [-0.05, 0) is 54.1 Å². The lowest BCUT2D eigenvalue weighted by Gasteiger charge is -2.42. The second-order valence-electron chi connectivity index (χ2n) is 13.8. The molecule has 5 rings (SSSR count). The number of carbonyl (C=O) groups is 1. The first-order valence-corrected chi connectivity index (χ1v) is 18.0. The van der Waals surface area contributed by atoms with Crippen LogP contribution < -0.4 is 24.5 Å². The van der Waals surface area contributed by atoms with Gasteiger partial charge in [0.25, 0.3) is 8.32 Å². The largest absolute Gasteiger partial charge is 0.540 e. The zero-order valence-corrected chi connectivity index (χ0v) is 28.5. The molecule has 7 nitrogen and oxygen atoms in total. The minimum absolute atomic E-state index is 0.0616. The smallest absolute Gasteiger partial charge is 0.342 e. The molecule has 3 aromatic rings. The molecule has 0 spiro atoms. The number of carbonyl (C=O) groups excluding carboxylic acids is 1. The molecule has 0 amide bonds. The summed E-state index contributed by atoms with van der Waals surface area (Å²) in [6.07, 6.45) is 0.926. The van der Waals surface area contributed by atoms with Gasteiger partial charge in [0.15, 0.2) is 11.5 Å². The Balaban J connectivity index is 1.75. The Hall–Kier alpha value is -3.49. The topological polar surface area (TPSA) is 83.2 Å². The standard InChI is InChI=1S/C36H48N2O5Si/c1-23(2)44(24(3)4,25(5)6)43-34-31(35(39)40-21-36(7,8)37)29(19-30-33(34)42-22-41-30)28-16-12-15-27-17-18-38(32(27)28)20-26-13-10-9-11-14-26/h9-16,19,23-25H,17-18,20-22,37H2,1-8H3. The fraction of sp³-hybridized carbons (Fsp3) is 0.472. The van der Waals surface area contributed by atoms with Crippen LogP contribution in [0.1, 0.15) is 76.9 Å². The molecular weight excluding hydrogens is 568 g/mol. The van der Waals surface area contributed by atoms with Crippen molar-refractivity contribution in [2.24, 2.45) is 5.73 Å². The number of ether oxygens (including phenoxy) is 3. The Morgan fingerprint density at radius 3 is 2.27 bits per heavy atom. The molecule has 0 aliphatic carbocycles. The van der Waals surface area contributed by atoms with Crippen molar-refractivity contribution in [3.05, 3.63) is 71.3 Å². The van der Waals surface area contributed by atoms with Gasteiger partial charge in [0.05, 0.1) is 0 Å². The summed E-state index contributed by atoms with van der Waals surface area (Å²) in [7, 11) is -2.54. The van der Waals surface area contributed by atoms with Crippen molar-refractivity contribution < 1.29 is 23.4 Å². The van der Waals surface area contributed by atoms with Gasteiger partial charge in [0.2, 0.25) is 12.5 Å². The van der Waals surface area contributed by atoms with Crippen LogP contribution in [0.3, 0.4) is 0 Å². The highest BCUT2D eigenvalue weighted by Crippen LogP contribution is 2.54. The molecule has 3 aromatic carbocycles. The normalized spacial score (nSPS) is 14.5. The van der Waals surface area contributed by atoms with Crippen LogP contribution in [0.4, 0.5) is 5.69 Å². The first-order chi connectivity index (χ1) is 20.8. The molecule has 44 heavy (non-hydrogen) atoms. The van der Waals surface area contributed by atoms with Crippen LogP contribution in [0.25, 0.3) is 11.1 Å². The summed E-state index contributed by atoms with van der Waals surface area (Å²) in [6.45, 7) is 18.9. The molecule has 0 fully saturated rings. The molecule has 2 heterocycles. The molecule has 0 aromatic heterocycles. The van der Waals surface area contributed by atoms with E-state index in [9.17, 15) is 4.79 Å². The highest BCUT2D eigenvalue weighted by atomic mass is 28.4. The lowest BCUT2D eigenvalue weighted by atomic mass is 9.94. The van der Waals surface area contributed by atoms with Crippen LogP contribution >= 0.6 is 0 Å². The van der Waals surface area contributed by atoms with E-state index < -0.39 is 19.8 Å². The molecular formula is C36H48N2O5Si. The average Bonchev–Trinajstić information content (AvgIpc) is 3.61. The fourth-order valence-electron chi connectivity index (χ4n) is 7.09. The minimum atomic E-state index is -2.54. The highest BCUT2D eigenvalue weighted by Gasteiger charge is 2.49. The van der Waals surface area contributed by atoms with E-state index in [2.05, 4.69) is 88.9 Å². The lowest BCUT2D eigenvalue weighted by Crippen LogP contribution is -2.51. The number of esters is 1. The summed E-state index contributed by atoms with van der Waals surface area (Å²) in [6, 6.07) is 18.7. The Morgan fingerprint density at radius 2 is 1.64 bits per heavy atom. The van der Waals surface area contributed by atoms with Crippen LogP contribution in [0.2, 0.25) is 16.6 Å². The number of hydrogen-bond donors (Lipinski definition) is 1. The van der Waals surface area contributed by atoms with E-state index in [4.69, 9.17) is 24.4 Å². The van der Waals surface area contributed by atoms with Gasteiger partial charge in [-0.1, -0.05) is 90.1 Å². The molecule has 0 unspecified atom stereocenters. The van der Waals surface area contributed by atoms with Gasteiger partial charge >= 0.3 is 5.97 Å².